The van der Waals surface area contributed by atoms with Gasteiger partial charge in [0.25, 0.3) is 0 Å². The van der Waals surface area contributed by atoms with Gasteiger partial charge >= 0.3 is 0 Å². The number of ether oxygens (including phenoxy) is 1. The van der Waals surface area contributed by atoms with Crippen LogP contribution >= 0.6 is 0 Å². The van der Waals surface area contributed by atoms with E-state index in [4.69, 9.17) is 4.74 Å². The highest BCUT2D eigenvalue weighted by Crippen LogP contribution is 2.34. The van der Waals surface area contributed by atoms with Crippen LogP contribution in [0.25, 0.3) is 0 Å². The largest absolute Gasteiger partial charge is 0.381 e. The van der Waals surface area contributed by atoms with Crippen LogP contribution in [-0.4, -0.2) is 13.2 Å². The normalized spacial score (nSPS) is 12.0. The van der Waals surface area contributed by atoms with Crippen molar-refractivity contribution in [2.45, 2.75) is 105 Å². The van der Waals surface area contributed by atoms with E-state index in [-0.39, 0.29) is 0 Å². The highest BCUT2D eigenvalue weighted by atomic mass is 16.5. The SMILES string of the molecule is CCCCCCC(C)(CCCCCC)CCOCCC. The third-order valence-electron chi connectivity index (χ3n) is 4.47. The molecule has 20 heavy (non-hydrogen) atoms. The summed E-state index contributed by atoms with van der Waals surface area (Å²) < 4.78 is 5.73. The van der Waals surface area contributed by atoms with Gasteiger partial charge in [-0.2, -0.15) is 0 Å². The van der Waals surface area contributed by atoms with Crippen molar-refractivity contribution in [1.82, 2.24) is 0 Å². The minimum atomic E-state index is 0.523. The molecule has 0 atom stereocenters. The fourth-order valence-electron chi connectivity index (χ4n) is 2.90. The molecule has 0 aliphatic heterocycles. The Balaban J connectivity index is 3.98. The van der Waals surface area contributed by atoms with Crippen molar-refractivity contribution >= 4 is 0 Å². The molecule has 1 nitrogen and oxygen atoms in total. The fraction of sp³-hybridized carbons (Fsp3) is 1.00. The van der Waals surface area contributed by atoms with Gasteiger partial charge in [0.05, 0.1) is 0 Å². The smallest absolute Gasteiger partial charge is 0.0471 e. The van der Waals surface area contributed by atoms with Crippen molar-refractivity contribution in [1.29, 1.82) is 0 Å². The maximum absolute atomic E-state index is 5.73. The summed E-state index contributed by atoms with van der Waals surface area (Å²) in [6.45, 7) is 11.2. The van der Waals surface area contributed by atoms with E-state index in [2.05, 4.69) is 27.7 Å². The minimum absolute atomic E-state index is 0.523. The van der Waals surface area contributed by atoms with Gasteiger partial charge in [-0.05, 0) is 31.1 Å². The molecule has 0 aromatic heterocycles. The molecule has 0 saturated heterocycles. The molecule has 0 radical (unpaired) electrons. The average molecular weight is 285 g/mol. The van der Waals surface area contributed by atoms with Crippen LogP contribution in [0.5, 0.6) is 0 Å². The van der Waals surface area contributed by atoms with Crippen molar-refractivity contribution < 1.29 is 4.74 Å². The lowest BCUT2D eigenvalue weighted by molar-refractivity contribution is 0.0898. The zero-order valence-electron chi connectivity index (χ0n) is 14.8. The Morgan fingerprint density at radius 3 is 1.60 bits per heavy atom. The van der Waals surface area contributed by atoms with Gasteiger partial charge in [0.1, 0.15) is 0 Å². The Kier molecular flexibility index (Phi) is 13.9. The Hall–Kier alpha value is -0.0400. The summed E-state index contributed by atoms with van der Waals surface area (Å²) in [7, 11) is 0. The van der Waals surface area contributed by atoms with E-state index in [1.165, 1.54) is 70.6 Å². The number of rotatable bonds is 15. The number of hydrogen-bond donors (Lipinski definition) is 0. The molecule has 0 aromatic rings. The molecule has 0 rings (SSSR count). The van der Waals surface area contributed by atoms with Crippen LogP contribution < -0.4 is 0 Å². The highest BCUT2D eigenvalue weighted by Gasteiger charge is 2.22. The van der Waals surface area contributed by atoms with Gasteiger partial charge in [-0.25, -0.2) is 0 Å². The van der Waals surface area contributed by atoms with E-state index in [9.17, 15) is 0 Å². The molecule has 0 spiro atoms. The van der Waals surface area contributed by atoms with Gasteiger partial charge in [-0.15, -0.1) is 0 Å². The van der Waals surface area contributed by atoms with Crippen molar-refractivity contribution in [3.05, 3.63) is 0 Å². The first-order valence-electron chi connectivity index (χ1n) is 9.26. The van der Waals surface area contributed by atoms with Crippen molar-refractivity contribution in [2.75, 3.05) is 13.2 Å². The van der Waals surface area contributed by atoms with Gasteiger partial charge in [0.2, 0.25) is 0 Å². The van der Waals surface area contributed by atoms with E-state index in [0.29, 0.717) is 5.41 Å². The molecule has 0 amide bonds. The van der Waals surface area contributed by atoms with E-state index in [1.54, 1.807) is 0 Å². The van der Waals surface area contributed by atoms with Crippen LogP contribution in [0.15, 0.2) is 0 Å². The second-order valence-electron chi connectivity index (χ2n) is 6.79. The average Bonchev–Trinajstić information content (AvgIpc) is 2.45. The van der Waals surface area contributed by atoms with Crippen LogP contribution in [0.3, 0.4) is 0 Å². The molecule has 0 saturated carbocycles. The zero-order valence-corrected chi connectivity index (χ0v) is 14.8. The molecular weight excluding hydrogens is 244 g/mol. The second kappa shape index (κ2) is 13.9. The zero-order chi connectivity index (χ0) is 15.1. The Morgan fingerprint density at radius 1 is 0.600 bits per heavy atom. The maximum atomic E-state index is 5.73. The Morgan fingerprint density at radius 2 is 1.15 bits per heavy atom. The summed E-state index contributed by atoms with van der Waals surface area (Å²) in [5.41, 5.74) is 0.523. The molecule has 0 bridgehead atoms. The van der Waals surface area contributed by atoms with Gasteiger partial charge in [0, 0.05) is 13.2 Å². The van der Waals surface area contributed by atoms with Crippen LogP contribution in [0.2, 0.25) is 0 Å². The molecule has 0 aliphatic carbocycles. The maximum Gasteiger partial charge on any atom is 0.0471 e. The van der Waals surface area contributed by atoms with Gasteiger partial charge < -0.3 is 4.74 Å². The van der Waals surface area contributed by atoms with Crippen LogP contribution in [0.1, 0.15) is 105 Å². The van der Waals surface area contributed by atoms with Crippen molar-refractivity contribution in [3.63, 3.8) is 0 Å². The summed E-state index contributed by atoms with van der Waals surface area (Å²) in [4.78, 5) is 0. The molecule has 122 valence electrons. The van der Waals surface area contributed by atoms with Crippen LogP contribution in [-0.2, 0) is 4.74 Å². The first-order chi connectivity index (χ1) is 9.68. The van der Waals surface area contributed by atoms with E-state index in [1.807, 2.05) is 0 Å². The van der Waals surface area contributed by atoms with Gasteiger partial charge in [0.15, 0.2) is 0 Å². The monoisotopic (exact) mass is 284 g/mol. The molecule has 0 fully saturated rings. The van der Waals surface area contributed by atoms with E-state index >= 15 is 0 Å². The minimum Gasteiger partial charge on any atom is -0.381 e. The van der Waals surface area contributed by atoms with Crippen molar-refractivity contribution in [3.8, 4) is 0 Å². The van der Waals surface area contributed by atoms with Gasteiger partial charge in [-0.1, -0.05) is 79.1 Å². The first kappa shape index (κ1) is 20.0. The third kappa shape index (κ3) is 11.8. The lowest BCUT2D eigenvalue weighted by atomic mass is 9.77. The number of hydrogen-bond acceptors (Lipinski definition) is 1. The summed E-state index contributed by atoms with van der Waals surface area (Å²) >= 11 is 0. The molecule has 0 aliphatic rings. The topological polar surface area (TPSA) is 9.23 Å². The molecule has 0 heterocycles. The van der Waals surface area contributed by atoms with Crippen LogP contribution in [0, 0.1) is 5.41 Å². The summed E-state index contributed by atoms with van der Waals surface area (Å²) in [6, 6.07) is 0. The second-order valence-corrected chi connectivity index (χ2v) is 6.79. The van der Waals surface area contributed by atoms with Crippen molar-refractivity contribution in [2.24, 2.45) is 5.41 Å². The lowest BCUT2D eigenvalue weighted by Crippen LogP contribution is -2.19. The molecule has 0 N–H and O–H groups in total. The summed E-state index contributed by atoms with van der Waals surface area (Å²) in [5, 5.41) is 0. The Bertz CT molecular complexity index is 157. The third-order valence-corrected chi connectivity index (χ3v) is 4.47. The molecular formula is C19H40O. The van der Waals surface area contributed by atoms with E-state index < -0.39 is 0 Å². The molecule has 0 unspecified atom stereocenters. The molecule has 0 aromatic carbocycles. The van der Waals surface area contributed by atoms with Gasteiger partial charge in [-0.3, -0.25) is 0 Å². The quantitative estimate of drug-likeness (QED) is 0.302. The van der Waals surface area contributed by atoms with E-state index in [0.717, 1.165) is 19.6 Å². The predicted octanol–water partition coefficient (Wildman–Crippen LogP) is 6.75. The molecule has 1 heteroatoms. The fourth-order valence-corrected chi connectivity index (χ4v) is 2.90. The van der Waals surface area contributed by atoms with Crippen LogP contribution in [0.4, 0.5) is 0 Å². The Labute approximate surface area is 128 Å². The predicted molar refractivity (Wildman–Crippen MR) is 91.4 cm³/mol. The standard InChI is InChI=1S/C19H40O/c1-5-8-10-12-14-19(4,15-13-11-9-6-2)16-18-20-17-7-3/h5-18H2,1-4H3. The lowest BCUT2D eigenvalue weighted by Gasteiger charge is -2.30. The number of unbranched alkanes of at least 4 members (excludes halogenated alkanes) is 6. The summed E-state index contributed by atoms with van der Waals surface area (Å²) in [5.74, 6) is 0. The first-order valence-corrected chi connectivity index (χ1v) is 9.26. The summed E-state index contributed by atoms with van der Waals surface area (Å²) in [6.07, 6.45) is 16.3. The highest BCUT2D eigenvalue weighted by molar-refractivity contribution is 4.74.